The summed E-state index contributed by atoms with van der Waals surface area (Å²) < 4.78 is 10.7. The van der Waals surface area contributed by atoms with Crippen LogP contribution in [0.1, 0.15) is 28.8 Å². The van der Waals surface area contributed by atoms with Gasteiger partial charge in [-0.2, -0.15) is 11.3 Å². The fourth-order valence-corrected chi connectivity index (χ4v) is 4.12. The molecular weight excluding hydrogens is 402 g/mol. The summed E-state index contributed by atoms with van der Waals surface area (Å²) in [7, 11) is 3.27. The molecule has 1 saturated heterocycles. The van der Waals surface area contributed by atoms with Gasteiger partial charge >= 0.3 is 0 Å². The van der Waals surface area contributed by atoms with E-state index >= 15 is 0 Å². The van der Waals surface area contributed by atoms with Crippen molar-refractivity contribution in [2.75, 3.05) is 46.9 Å². The molecule has 1 N–H and O–H groups in total. The summed E-state index contributed by atoms with van der Waals surface area (Å²) >= 11 is 1.50. The highest BCUT2D eigenvalue weighted by Gasteiger charge is 2.21. The summed E-state index contributed by atoms with van der Waals surface area (Å²) in [5.41, 5.74) is 1.84. The van der Waals surface area contributed by atoms with Crippen molar-refractivity contribution in [2.24, 2.45) is 0 Å². The van der Waals surface area contributed by atoms with Crippen molar-refractivity contribution in [1.82, 2.24) is 15.1 Å². The normalized spacial score (nSPS) is 14.4. The molecule has 1 aromatic heterocycles. The molecule has 2 heterocycles. The lowest BCUT2D eigenvalue weighted by Gasteiger charge is -2.35. The van der Waals surface area contributed by atoms with E-state index in [0.29, 0.717) is 24.9 Å². The van der Waals surface area contributed by atoms with Crippen LogP contribution in [0, 0.1) is 0 Å². The maximum absolute atomic E-state index is 12.5. The Bertz CT molecular complexity index is 833. The van der Waals surface area contributed by atoms with E-state index in [1.165, 1.54) is 11.3 Å². The van der Waals surface area contributed by atoms with Crippen molar-refractivity contribution in [2.45, 2.75) is 19.4 Å². The van der Waals surface area contributed by atoms with Gasteiger partial charge in [-0.3, -0.25) is 14.5 Å². The summed E-state index contributed by atoms with van der Waals surface area (Å²) in [6.45, 7) is 4.47. The van der Waals surface area contributed by atoms with E-state index in [-0.39, 0.29) is 11.8 Å². The zero-order chi connectivity index (χ0) is 21.3. The Morgan fingerprint density at radius 1 is 1.07 bits per heavy atom. The number of methoxy groups -OCH3 is 2. The zero-order valence-corrected chi connectivity index (χ0v) is 18.4. The molecule has 8 heteroatoms. The number of carbonyl (C=O) groups is 2. The van der Waals surface area contributed by atoms with Crippen LogP contribution in [0.4, 0.5) is 0 Å². The molecule has 1 fully saturated rings. The van der Waals surface area contributed by atoms with E-state index in [9.17, 15) is 9.59 Å². The highest BCUT2D eigenvalue weighted by Crippen LogP contribution is 2.28. The van der Waals surface area contributed by atoms with Gasteiger partial charge in [-0.25, -0.2) is 0 Å². The number of hydrogen-bond acceptors (Lipinski definition) is 6. The Labute approximate surface area is 181 Å². The monoisotopic (exact) mass is 431 g/mol. The Hall–Kier alpha value is -2.58. The molecule has 30 heavy (non-hydrogen) atoms. The number of nitrogens with one attached hydrogen (secondary N) is 1. The lowest BCUT2D eigenvalue weighted by atomic mass is 10.1. The van der Waals surface area contributed by atoms with E-state index in [1.54, 1.807) is 20.3 Å². The Kier molecular flexibility index (Phi) is 8.10. The third-order valence-corrected chi connectivity index (χ3v) is 5.90. The van der Waals surface area contributed by atoms with E-state index in [4.69, 9.17) is 9.47 Å². The minimum absolute atomic E-state index is 0.0764. The number of piperazine rings is 1. The summed E-state index contributed by atoms with van der Waals surface area (Å²) in [5.74, 6) is 1.54. The van der Waals surface area contributed by atoms with Crippen molar-refractivity contribution < 1.29 is 19.1 Å². The molecule has 0 bridgehead atoms. The number of rotatable bonds is 9. The molecule has 2 aromatic rings. The number of benzene rings is 1. The molecule has 1 aliphatic rings. The molecule has 1 aliphatic heterocycles. The molecule has 0 spiro atoms. The fourth-order valence-electron chi connectivity index (χ4n) is 3.49. The lowest BCUT2D eigenvalue weighted by molar-refractivity contribution is -0.133. The second-order valence-corrected chi connectivity index (χ2v) is 8.00. The van der Waals surface area contributed by atoms with E-state index in [2.05, 4.69) is 10.2 Å². The molecule has 1 aromatic carbocycles. The predicted octanol–water partition coefficient (Wildman–Crippen LogP) is 2.62. The third kappa shape index (κ3) is 5.96. The molecule has 0 aliphatic carbocycles. The first-order valence-electron chi connectivity index (χ1n) is 10.1. The first-order valence-corrected chi connectivity index (χ1v) is 11.1. The second kappa shape index (κ2) is 11.0. The summed E-state index contributed by atoms with van der Waals surface area (Å²) in [6.07, 6.45) is 1.11. The van der Waals surface area contributed by atoms with Crippen molar-refractivity contribution >= 4 is 23.2 Å². The maximum atomic E-state index is 12.5. The van der Waals surface area contributed by atoms with Gasteiger partial charge in [-0.05, 0) is 35.6 Å². The Morgan fingerprint density at radius 2 is 1.83 bits per heavy atom. The van der Waals surface area contributed by atoms with Crippen molar-refractivity contribution in [3.63, 3.8) is 0 Å². The standard InChI is InChI=1S/C22H29N3O4S/c1-28-19-6-5-17(14-20(19)29-2)15-24-9-11-25(12-10-24)21(26)4-3-8-23-22(27)18-7-13-30-16-18/h5-7,13-14,16H,3-4,8-12,15H2,1-2H3,(H,23,27). The Morgan fingerprint density at radius 3 is 2.50 bits per heavy atom. The molecule has 7 nitrogen and oxygen atoms in total. The smallest absolute Gasteiger partial charge is 0.252 e. The number of carbonyl (C=O) groups excluding carboxylic acids is 2. The van der Waals surface area contributed by atoms with Crippen LogP contribution < -0.4 is 14.8 Å². The fraction of sp³-hybridized carbons (Fsp3) is 0.455. The topological polar surface area (TPSA) is 71.1 Å². The quantitative estimate of drug-likeness (QED) is 0.618. The van der Waals surface area contributed by atoms with Gasteiger partial charge in [-0.1, -0.05) is 6.07 Å². The van der Waals surface area contributed by atoms with Gasteiger partial charge in [-0.15, -0.1) is 0 Å². The molecule has 0 saturated carbocycles. The SMILES string of the molecule is COc1ccc(CN2CCN(C(=O)CCCNC(=O)c3ccsc3)CC2)cc1OC. The van der Waals surface area contributed by atoms with Crippen LogP contribution in [0.25, 0.3) is 0 Å². The van der Waals surface area contributed by atoms with Crippen LogP contribution in [0.5, 0.6) is 11.5 Å². The van der Waals surface area contributed by atoms with Crippen LogP contribution in [0.2, 0.25) is 0 Å². The van der Waals surface area contributed by atoms with Crippen LogP contribution in [-0.4, -0.2) is 68.6 Å². The first kappa shape index (κ1) is 22.1. The van der Waals surface area contributed by atoms with Gasteiger partial charge in [0.05, 0.1) is 14.2 Å². The predicted molar refractivity (Wildman–Crippen MR) is 117 cm³/mol. The third-order valence-electron chi connectivity index (χ3n) is 5.22. The van der Waals surface area contributed by atoms with E-state index in [1.807, 2.05) is 33.9 Å². The van der Waals surface area contributed by atoms with Gasteiger partial charge < -0.3 is 19.7 Å². The largest absolute Gasteiger partial charge is 0.493 e. The lowest BCUT2D eigenvalue weighted by Crippen LogP contribution is -2.48. The number of amides is 2. The van der Waals surface area contributed by atoms with Gasteiger partial charge in [0.15, 0.2) is 11.5 Å². The molecular formula is C22H29N3O4S. The molecule has 0 atom stereocenters. The number of thiophene rings is 1. The van der Waals surface area contributed by atoms with Crippen LogP contribution in [-0.2, 0) is 11.3 Å². The van der Waals surface area contributed by atoms with Gasteiger partial charge in [0.2, 0.25) is 5.91 Å². The minimum Gasteiger partial charge on any atom is -0.493 e. The molecule has 0 unspecified atom stereocenters. The van der Waals surface area contributed by atoms with Crippen LogP contribution in [0.15, 0.2) is 35.0 Å². The number of nitrogens with zero attached hydrogens (tertiary/aromatic N) is 2. The molecule has 3 rings (SSSR count). The summed E-state index contributed by atoms with van der Waals surface area (Å²) in [6, 6.07) is 7.77. The van der Waals surface area contributed by atoms with Gasteiger partial charge in [0.25, 0.3) is 5.91 Å². The second-order valence-electron chi connectivity index (χ2n) is 7.22. The van der Waals surface area contributed by atoms with Crippen molar-refractivity contribution in [3.8, 4) is 11.5 Å². The van der Waals surface area contributed by atoms with Crippen molar-refractivity contribution in [1.29, 1.82) is 0 Å². The van der Waals surface area contributed by atoms with Gasteiger partial charge in [0.1, 0.15) is 0 Å². The first-order chi connectivity index (χ1) is 14.6. The number of hydrogen-bond donors (Lipinski definition) is 1. The average Bonchev–Trinajstić information content (AvgIpc) is 3.32. The van der Waals surface area contributed by atoms with E-state index < -0.39 is 0 Å². The van der Waals surface area contributed by atoms with Crippen LogP contribution >= 0.6 is 11.3 Å². The summed E-state index contributed by atoms with van der Waals surface area (Å²) in [5, 5.41) is 6.56. The number of ether oxygens (including phenoxy) is 2. The minimum atomic E-state index is -0.0764. The van der Waals surface area contributed by atoms with Gasteiger partial charge in [0, 0.05) is 56.6 Å². The van der Waals surface area contributed by atoms with Crippen molar-refractivity contribution in [3.05, 3.63) is 46.2 Å². The molecule has 162 valence electrons. The highest BCUT2D eigenvalue weighted by molar-refractivity contribution is 7.08. The average molecular weight is 432 g/mol. The zero-order valence-electron chi connectivity index (χ0n) is 17.6. The summed E-state index contributed by atoms with van der Waals surface area (Å²) in [4.78, 5) is 28.6. The molecule has 0 radical (unpaired) electrons. The Balaban J connectivity index is 1.36. The maximum Gasteiger partial charge on any atom is 0.252 e. The molecule has 2 amide bonds. The van der Waals surface area contributed by atoms with Crippen LogP contribution in [0.3, 0.4) is 0 Å². The highest BCUT2D eigenvalue weighted by atomic mass is 32.1. The van der Waals surface area contributed by atoms with E-state index in [0.717, 1.165) is 49.8 Å².